The standard InChI is InChI=1S/C11H14NO5PS/c1-8-7-9(2)16-18(19,15-8)17-11-5-3-10(4-6-11)12(13)14/h3-6,8-9H,7H2,1-2H3/t8-,9+,18?. The van der Waals surface area contributed by atoms with Crippen molar-refractivity contribution in [2.75, 3.05) is 0 Å². The molecule has 0 bridgehead atoms. The van der Waals surface area contributed by atoms with Crippen molar-refractivity contribution in [2.24, 2.45) is 0 Å². The molecule has 1 unspecified atom stereocenters. The van der Waals surface area contributed by atoms with E-state index in [1.165, 1.54) is 24.3 Å². The van der Waals surface area contributed by atoms with E-state index in [-0.39, 0.29) is 17.9 Å². The minimum Gasteiger partial charge on any atom is -0.449 e. The largest absolute Gasteiger partial charge is 0.449 e. The molecule has 3 atom stereocenters. The summed E-state index contributed by atoms with van der Waals surface area (Å²) in [7, 11) is -2.82. The summed E-state index contributed by atoms with van der Waals surface area (Å²) < 4.78 is 16.7. The zero-order chi connectivity index (χ0) is 14.0. The fourth-order valence-corrected chi connectivity index (χ4v) is 4.53. The highest BCUT2D eigenvalue weighted by atomic mass is 32.7. The van der Waals surface area contributed by atoms with Crippen molar-refractivity contribution < 1.29 is 18.5 Å². The van der Waals surface area contributed by atoms with Crippen LogP contribution in [-0.4, -0.2) is 17.1 Å². The first-order valence-electron chi connectivity index (χ1n) is 5.79. The van der Waals surface area contributed by atoms with Gasteiger partial charge in [-0.25, -0.2) is 0 Å². The van der Waals surface area contributed by atoms with Crippen LogP contribution in [0.1, 0.15) is 20.3 Å². The fourth-order valence-electron chi connectivity index (χ4n) is 1.82. The molecule has 104 valence electrons. The molecule has 6 nitrogen and oxygen atoms in total. The summed E-state index contributed by atoms with van der Waals surface area (Å²) >= 11 is 5.28. The maximum atomic E-state index is 10.6. The summed E-state index contributed by atoms with van der Waals surface area (Å²) in [5.41, 5.74) is -0.00341. The zero-order valence-corrected chi connectivity index (χ0v) is 12.2. The average Bonchev–Trinajstić information content (AvgIpc) is 2.26. The number of nitro benzene ring substituents is 1. The number of hydrogen-bond acceptors (Lipinski definition) is 6. The van der Waals surface area contributed by atoms with Crippen molar-refractivity contribution in [1.82, 2.24) is 0 Å². The molecule has 1 aliphatic rings. The van der Waals surface area contributed by atoms with Crippen molar-refractivity contribution in [2.45, 2.75) is 32.5 Å². The highest BCUT2D eigenvalue weighted by molar-refractivity contribution is 8.36. The van der Waals surface area contributed by atoms with Crippen molar-refractivity contribution in [3.63, 3.8) is 0 Å². The number of nitro groups is 1. The molecule has 1 heterocycles. The summed E-state index contributed by atoms with van der Waals surface area (Å²) in [5.74, 6) is 0.412. The lowest BCUT2D eigenvalue weighted by Gasteiger charge is -2.35. The van der Waals surface area contributed by atoms with Gasteiger partial charge < -0.3 is 16.8 Å². The van der Waals surface area contributed by atoms with Gasteiger partial charge in [-0.05, 0) is 26.0 Å². The Morgan fingerprint density at radius 3 is 2.32 bits per heavy atom. The third-order valence-electron chi connectivity index (χ3n) is 2.55. The van der Waals surface area contributed by atoms with Gasteiger partial charge in [0, 0.05) is 18.6 Å². The van der Waals surface area contributed by atoms with E-state index in [0.717, 1.165) is 6.42 Å². The van der Waals surface area contributed by atoms with Crippen LogP contribution in [0.5, 0.6) is 5.75 Å². The predicted molar refractivity (Wildman–Crippen MR) is 73.7 cm³/mol. The van der Waals surface area contributed by atoms with E-state index in [4.69, 9.17) is 25.8 Å². The SMILES string of the molecule is C[C@@H]1C[C@H](C)O[P+]([S-])(Oc2ccc([N+](=O)[O-])cc2)O1. The molecule has 2 rings (SSSR count). The van der Waals surface area contributed by atoms with E-state index in [9.17, 15) is 10.1 Å². The first-order valence-corrected chi connectivity index (χ1v) is 8.34. The minimum atomic E-state index is -2.82. The normalized spacial score (nSPS) is 30.9. The molecule has 1 saturated heterocycles. The summed E-state index contributed by atoms with van der Waals surface area (Å²) in [5, 5.41) is 10.6. The summed E-state index contributed by atoms with van der Waals surface area (Å²) in [6.07, 6.45) is 0.724. The number of rotatable bonds is 3. The fraction of sp³-hybridized carbons (Fsp3) is 0.455. The molecular weight excluding hydrogens is 289 g/mol. The second-order valence-corrected chi connectivity index (χ2v) is 7.20. The number of hydrogen-bond donors (Lipinski definition) is 0. The predicted octanol–water partition coefficient (Wildman–Crippen LogP) is 3.41. The topological polar surface area (TPSA) is 70.8 Å². The Bertz CT molecular complexity index is 459. The first kappa shape index (κ1) is 14.5. The monoisotopic (exact) mass is 303 g/mol. The van der Waals surface area contributed by atoms with E-state index in [1.54, 1.807) is 0 Å². The van der Waals surface area contributed by atoms with Crippen LogP contribution in [0, 0.1) is 10.1 Å². The van der Waals surface area contributed by atoms with Crippen LogP contribution in [0.2, 0.25) is 0 Å². The Kier molecular flexibility index (Phi) is 4.30. The average molecular weight is 303 g/mol. The molecule has 0 aliphatic carbocycles. The van der Waals surface area contributed by atoms with Gasteiger partial charge in [0.05, 0.1) is 4.92 Å². The van der Waals surface area contributed by atoms with Crippen molar-refractivity contribution in [3.05, 3.63) is 34.4 Å². The van der Waals surface area contributed by atoms with Gasteiger partial charge in [-0.3, -0.25) is 10.1 Å². The lowest BCUT2D eigenvalue weighted by Crippen LogP contribution is -2.28. The van der Waals surface area contributed by atoms with Crippen LogP contribution in [0.25, 0.3) is 0 Å². The Balaban J connectivity index is 2.09. The Morgan fingerprint density at radius 1 is 1.32 bits per heavy atom. The van der Waals surface area contributed by atoms with Crippen molar-refractivity contribution in [3.8, 4) is 5.75 Å². The highest BCUT2D eigenvalue weighted by Crippen LogP contribution is 2.63. The van der Waals surface area contributed by atoms with Gasteiger partial charge in [0.25, 0.3) is 5.69 Å². The number of benzene rings is 1. The van der Waals surface area contributed by atoms with Gasteiger partial charge >= 0.3 is 7.15 Å². The number of non-ortho nitro benzene ring substituents is 1. The van der Waals surface area contributed by atoms with Crippen LogP contribution in [0.3, 0.4) is 0 Å². The molecule has 8 heteroatoms. The quantitative estimate of drug-likeness (QED) is 0.369. The first-order chi connectivity index (χ1) is 8.88. The van der Waals surface area contributed by atoms with E-state index in [1.807, 2.05) is 13.8 Å². The van der Waals surface area contributed by atoms with Crippen molar-refractivity contribution in [1.29, 1.82) is 0 Å². The Morgan fingerprint density at radius 2 is 1.84 bits per heavy atom. The molecule has 1 aliphatic heterocycles. The van der Waals surface area contributed by atoms with E-state index >= 15 is 0 Å². The maximum Gasteiger partial charge on any atom is 0.335 e. The smallest absolute Gasteiger partial charge is 0.335 e. The summed E-state index contributed by atoms with van der Waals surface area (Å²) in [6.45, 7) is 3.83. The van der Waals surface area contributed by atoms with Gasteiger partial charge in [0.2, 0.25) is 0 Å². The van der Waals surface area contributed by atoms with E-state index < -0.39 is 12.1 Å². The Hall–Kier alpha value is -0.880. The molecule has 0 spiro atoms. The summed E-state index contributed by atoms with van der Waals surface area (Å²) in [4.78, 5) is 10.1. The third-order valence-corrected chi connectivity index (χ3v) is 4.96. The molecule has 0 radical (unpaired) electrons. The molecule has 1 aromatic carbocycles. The highest BCUT2D eigenvalue weighted by Gasteiger charge is 2.41. The molecule has 0 aromatic heterocycles. The zero-order valence-electron chi connectivity index (χ0n) is 10.5. The molecule has 1 fully saturated rings. The van der Waals surface area contributed by atoms with Crippen LogP contribution in [0.4, 0.5) is 5.69 Å². The van der Waals surface area contributed by atoms with Gasteiger partial charge in [-0.2, -0.15) is 9.05 Å². The van der Waals surface area contributed by atoms with Crippen LogP contribution < -0.4 is 4.52 Å². The van der Waals surface area contributed by atoms with Gasteiger partial charge in [0.1, 0.15) is 12.2 Å². The second kappa shape index (κ2) is 5.63. The second-order valence-electron chi connectivity index (χ2n) is 4.36. The molecular formula is C11H14NO5PS. The molecule has 0 N–H and O–H groups in total. The number of nitrogens with zero attached hydrogens (tertiary/aromatic N) is 1. The van der Waals surface area contributed by atoms with Crippen LogP contribution in [0.15, 0.2) is 24.3 Å². The molecule has 19 heavy (non-hydrogen) atoms. The molecule has 1 aromatic rings. The minimum absolute atomic E-state index is 0.00341. The van der Waals surface area contributed by atoms with Gasteiger partial charge in [-0.15, -0.1) is 0 Å². The molecule has 0 amide bonds. The van der Waals surface area contributed by atoms with E-state index in [2.05, 4.69) is 0 Å². The van der Waals surface area contributed by atoms with Gasteiger partial charge in [-0.1, -0.05) is 0 Å². The summed E-state index contributed by atoms with van der Waals surface area (Å²) in [6, 6.07) is 5.69. The molecule has 0 saturated carbocycles. The van der Waals surface area contributed by atoms with E-state index in [0.29, 0.717) is 5.75 Å². The van der Waals surface area contributed by atoms with Crippen LogP contribution in [-0.2, 0) is 21.3 Å². The Labute approximate surface area is 116 Å². The maximum absolute atomic E-state index is 10.6. The lowest BCUT2D eigenvalue weighted by atomic mass is 10.2. The van der Waals surface area contributed by atoms with Gasteiger partial charge in [0.15, 0.2) is 5.75 Å². The lowest BCUT2D eigenvalue weighted by molar-refractivity contribution is -0.384. The van der Waals surface area contributed by atoms with Crippen molar-refractivity contribution >= 4 is 25.1 Å². The third kappa shape index (κ3) is 3.79. The van der Waals surface area contributed by atoms with Crippen LogP contribution >= 0.6 is 7.15 Å².